The molecule has 0 bridgehead atoms. The normalized spacial score (nSPS) is 11.0. The number of alkyl halides is 2. The molecule has 0 unspecified atom stereocenters. The fourth-order valence-electron chi connectivity index (χ4n) is 2.92. The Bertz CT molecular complexity index is 1020. The van der Waals surface area contributed by atoms with Gasteiger partial charge in [0, 0.05) is 13.6 Å². The highest BCUT2D eigenvalue weighted by atomic mass is 32.1. The Labute approximate surface area is 176 Å². The Morgan fingerprint density at radius 1 is 1.20 bits per heavy atom. The topological polar surface area (TPSA) is 64.4 Å². The van der Waals surface area contributed by atoms with E-state index in [1.807, 2.05) is 30.3 Å². The van der Waals surface area contributed by atoms with Crippen LogP contribution in [0.15, 0.2) is 48.5 Å². The van der Waals surface area contributed by atoms with Crippen molar-refractivity contribution < 1.29 is 23.1 Å². The van der Waals surface area contributed by atoms with Crippen molar-refractivity contribution in [2.45, 2.75) is 19.9 Å². The first kappa shape index (κ1) is 21.6. The second kappa shape index (κ2) is 9.62. The summed E-state index contributed by atoms with van der Waals surface area (Å²) in [5.74, 6) is -0.835. The molecule has 3 rings (SSSR count). The third-order valence-corrected chi connectivity index (χ3v) is 5.43. The minimum Gasteiger partial charge on any atom is -0.465 e. The Morgan fingerprint density at radius 2 is 1.93 bits per heavy atom. The maximum atomic E-state index is 13.1. The number of halogens is 2. The number of hydrogen-bond acceptors (Lipinski definition) is 5. The zero-order valence-corrected chi connectivity index (χ0v) is 17.4. The van der Waals surface area contributed by atoms with E-state index >= 15 is 0 Å². The summed E-state index contributed by atoms with van der Waals surface area (Å²) in [6, 6.07) is 13.9. The van der Waals surface area contributed by atoms with Crippen molar-refractivity contribution in [1.29, 1.82) is 0 Å². The van der Waals surface area contributed by atoms with Gasteiger partial charge in [0.2, 0.25) is 0 Å². The van der Waals surface area contributed by atoms with Gasteiger partial charge < -0.3 is 9.64 Å². The predicted molar refractivity (Wildman–Crippen MR) is 109 cm³/mol. The van der Waals surface area contributed by atoms with E-state index in [2.05, 4.69) is 5.10 Å². The first-order chi connectivity index (χ1) is 14.4. The van der Waals surface area contributed by atoms with Gasteiger partial charge in [-0.25, -0.2) is 8.78 Å². The maximum Gasteiger partial charge on any atom is 0.325 e. The van der Waals surface area contributed by atoms with E-state index in [0.717, 1.165) is 21.6 Å². The molecule has 1 amide bonds. The Kier molecular flexibility index (Phi) is 6.94. The van der Waals surface area contributed by atoms with E-state index in [4.69, 9.17) is 4.74 Å². The van der Waals surface area contributed by atoms with Gasteiger partial charge >= 0.3 is 5.97 Å². The van der Waals surface area contributed by atoms with Gasteiger partial charge in [-0.2, -0.15) is 5.10 Å². The number of aryl methyl sites for hydroxylation is 1. The van der Waals surface area contributed by atoms with E-state index in [1.165, 1.54) is 18.0 Å². The summed E-state index contributed by atoms with van der Waals surface area (Å²) in [6.45, 7) is 1.98. The van der Waals surface area contributed by atoms with E-state index in [1.54, 1.807) is 19.1 Å². The zero-order chi connectivity index (χ0) is 21.7. The molecule has 6 nitrogen and oxygen atoms in total. The van der Waals surface area contributed by atoms with E-state index in [0.29, 0.717) is 15.4 Å². The molecule has 0 saturated carbocycles. The minimum absolute atomic E-state index is 0.187. The van der Waals surface area contributed by atoms with Gasteiger partial charge in [-0.05, 0) is 30.7 Å². The second-order valence-electron chi connectivity index (χ2n) is 6.49. The molecular weight excluding hydrogens is 412 g/mol. The summed E-state index contributed by atoms with van der Waals surface area (Å²) in [5, 5.41) is 4.11. The Balaban J connectivity index is 1.83. The number of amides is 1. The predicted octanol–water partition coefficient (Wildman–Crippen LogP) is 4.29. The zero-order valence-electron chi connectivity index (χ0n) is 16.5. The number of aromatic nitrogens is 2. The molecule has 158 valence electrons. The number of nitrogens with zero attached hydrogens (tertiary/aromatic N) is 3. The van der Waals surface area contributed by atoms with Crippen LogP contribution < -0.4 is 0 Å². The lowest BCUT2D eigenvalue weighted by Crippen LogP contribution is -2.35. The van der Waals surface area contributed by atoms with Crippen LogP contribution in [0.5, 0.6) is 0 Å². The Morgan fingerprint density at radius 3 is 2.57 bits per heavy atom. The van der Waals surface area contributed by atoms with Crippen molar-refractivity contribution in [2.24, 2.45) is 7.05 Å². The summed E-state index contributed by atoms with van der Waals surface area (Å²) in [5.41, 5.74) is 1.05. The lowest BCUT2D eigenvalue weighted by Gasteiger charge is -2.21. The van der Waals surface area contributed by atoms with Crippen molar-refractivity contribution >= 4 is 23.2 Å². The highest BCUT2D eigenvalue weighted by Crippen LogP contribution is 2.31. The van der Waals surface area contributed by atoms with Gasteiger partial charge in [0.05, 0.1) is 16.4 Å². The van der Waals surface area contributed by atoms with Crippen molar-refractivity contribution in [3.63, 3.8) is 0 Å². The summed E-state index contributed by atoms with van der Waals surface area (Å²) >= 11 is 1.14. The molecule has 9 heteroatoms. The molecule has 0 aliphatic heterocycles. The van der Waals surface area contributed by atoms with E-state index in [9.17, 15) is 18.4 Å². The average molecular weight is 433 g/mol. The van der Waals surface area contributed by atoms with Gasteiger partial charge in [-0.1, -0.05) is 30.3 Å². The molecule has 0 atom stereocenters. The van der Waals surface area contributed by atoms with Crippen LogP contribution >= 0.6 is 11.3 Å². The van der Waals surface area contributed by atoms with Crippen LogP contribution in [-0.4, -0.2) is 39.7 Å². The molecule has 0 saturated heterocycles. The number of esters is 1. The molecule has 0 aliphatic rings. The van der Waals surface area contributed by atoms with Crippen LogP contribution in [0, 0.1) is 0 Å². The number of benzene rings is 1. The van der Waals surface area contributed by atoms with Crippen LogP contribution in [0.4, 0.5) is 8.78 Å². The number of hydrogen-bond donors (Lipinski definition) is 0. The molecule has 2 aromatic heterocycles. The van der Waals surface area contributed by atoms with Crippen molar-refractivity contribution in [3.8, 4) is 10.6 Å². The SMILES string of the molecule is CCOC(=O)CN(Cc1ccccc1)C(=O)c1ccc(-c2cc(C(F)F)n(C)n2)s1. The molecule has 2 heterocycles. The van der Waals surface area contributed by atoms with Gasteiger partial charge in [0.15, 0.2) is 0 Å². The highest BCUT2D eigenvalue weighted by Gasteiger charge is 2.23. The Hall–Kier alpha value is -3.07. The smallest absolute Gasteiger partial charge is 0.325 e. The quantitative estimate of drug-likeness (QED) is 0.497. The molecule has 0 radical (unpaired) electrons. The van der Waals surface area contributed by atoms with Crippen LogP contribution in [0.2, 0.25) is 0 Å². The van der Waals surface area contributed by atoms with Crippen LogP contribution in [0.25, 0.3) is 10.6 Å². The monoisotopic (exact) mass is 433 g/mol. The summed E-state index contributed by atoms with van der Waals surface area (Å²) in [6.07, 6.45) is -2.64. The summed E-state index contributed by atoms with van der Waals surface area (Å²) in [7, 11) is 1.45. The standard InChI is InChI=1S/C21H21F2N3O3S/c1-3-29-19(27)13-26(12-14-7-5-4-6-8-14)21(28)18-10-9-17(30-18)15-11-16(20(22)23)25(2)24-15/h4-11,20H,3,12-13H2,1-2H3. The first-order valence-corrected chi connectivity index (χ1v) is 10.1. The van der Waals surface area contributed by atoms with Crippen LogP contribution in [-0.2, 0) is 23.1 Å². The van der Waals surface area contributed by atoms with Crippen molar-refractivity contribution in [2.75, 3.05) is 13.2 Å². The molecule has 0 fully saturated rings. The van der Waals surface area contributed by atoms with E-state index in [-0.39, 0.29) is 31.3 Å². The molecule has 0 aliphatic carbocycles. The fraction of sp³-hybridized carbons (Fsp3) is 0.286. The number of thiophene rings is 1. The van der Waals surface area contributed by atoms with Crippen molar-refractivity contribution in [3.05, 3.63) is 64.7 Å². The average Bonchev–Trinajstić information content (AvgIpc) is 3.35. The van der Waals surface area contributed by atoms with Gasteiger partial charge in [0.25, 0.3) is 12.3 Å². The number of carbonyl (C=O) groups is 2. The number of rotatable bonds is 8. The number of ether oxygens (including phenoxy) is 1. The molecule has 0 spiro atoms. The first-order valence-electron chi connectivity index (χ1n) is 9.30. The van der Waals surface area contributed by atoms with Gasteiger partial charge in [-0.15, -0.1) is 11.3 Å². The summed E-state index contributed by atoms with van der Waals surface area (Å²) in [4.78, 5) is 27.5. The fourth-order valence-corrected chi connectivity index (χ4v) is 3.85. The number of carbonyl (C=O) groups excluding carboxylic acids is 2. The second-order valence-corrected chi connectivity index (χ2v) is 7.58. The van der Waals surface area contributed by atoms with Crippen LogP contribution in [0.3, 0.4) is 0 Å². The third kappa shape index (κ3) is 5.10. The molecular formula is C21H21F2N3O3S. The van der Waals surface area contributed by atoms with E-state index < -0.39 is 12.4 Å². The highest BCUT2D eigenvalue weighted by molar-refractivity contribution is 7.17. The lowest BCUT2D eigenvalue weighted by molar-refractivity contribution is -0.143. The largest absolute Gasteiger partial charge is 0.465 e. The summed E-state index contributed by atoms with van der Waals surface area (Å²) < 4.78 is 32.2. The third-order valence-electron chi connectivity index (χ3n) is 4.34. The molecule has 30 heavy (non-hydrogen) atoms. The molecule has 0 N–H and O–H groups in total. The van der Waals surface area contributed by atoms with Gasteiger partial charge in [-0.3, -0.25) is 14.3 Å². The molecule has 1 aromatic carbocycles. The lowest BCUT2D eigenvalue weighted by atomic mass is 10.2. The minimum atomic E-state index is -2.64. The van der Waals surface area contributed by atoms with Crippen LogP contribution in [0.1, 0.15) is 34.3 Å². The van der Waals surface area contributed by atoms with Gasteiger partial charge in [0.1, 0.15) is 17.9 Å². The maximum absolute atomic E-state index is 13.1. The van der Waals surface area contributed by atoms with Crippen molar-refractivity contribution in [1.82, 2.24) is 14.7 Å². The molecule has 3 aromatic rings.